The molecule has 0 radical (unpaired) electrons. The SMILES string of the molecule is CCNCc1ccc(S(=O)(=O)NCC2CC2)cc1Cl. The van der Waals surface area contributed by atoms with Gasteiger partial charge in [0.2, 0.25) is 10.0 Å². The van der Waals surface area contributed by atoms with Gasteiger partial charge in [0.15, 0.2) is 0 Å². The second-order valence-electron chi connectivity index (χ2n) is 4.83. The van der Waals surface area contributed by atoms with E-state index in [9.17, 15) is 8.42 Å². The van der Waals surface area contributed by atoms with Crippen LogP contribution in [0.15, 0.2) is 23.1 Å². The van der Waals surface area contributed by atoms with Crippen molar-refractivity contribution in [3.8, 4) is 0 Å². The van der Waals surface area contributed by atoms with Crippen LogP contribution < -0.4 is 10.0 Å². The lowest BCUT2D eigenvalue weighted by atomic mass is 10.2. The van der Waals surface area contributed by atoms with Crippen LogP contribution in [0, 0.1) is 5.92 Å². The van der Waals surface area contributed by atoms with Crippen LogP contribution in [0.3, 0.4) is 0 Å². The Bertz CT molecular complexity index is 542. The minimum Gasteiger partial charge on any atom is -0.313 e. The molecule has 0 heterocycles. The number of hydrogen-bond acceptors (Lipinski definition) is 3. The summed E-state index contributed by atoms with van der Waals surface area (Å²) in [6.07, 6.45) is 2.23. The zero-order valence-corrected chi connectivity index (χ0v) is 12.5. The van der Waals surface area contributed by atoms with E-state index in [2.05, 4.69) is 10.0 Å². The third-order valence-electron chi connectivity index (χ3n) is 3.16. The summed E-state index contributed by atoms with van der Waals surface area (Å²) in [6, 6.07) is 4.88. The molecule has 0 aromatic heterocycles. The van der Waals surface area contributed by atoms with Crippen LogP contribution in [-0.2, 0) is 16.6 Å². The van der Waals surface area contributed by atoms with Crippen LogP contribution in [0.25, 0.3) is 0 Å². The second kappa shape index (κ2) is 6.22. The van der Waals surface area contributed by atoms with Crippen molar-refractivity contribution in [3.05, 3.63) is 28.8 Å². The Balaban J connectivity index is 2.08. The van der Waals surface area contributed by atoms with Gasteiger partial charge in [-0.25, -0.2) is 13.1 Å². The first kappa shape index (κ1) is 14.8. The maximum absolute atomic E-state index is 12.1. The molecule has 2 N–H and O–H groups in total. The molecule has 4 nitrogen and oxygen atoms in total. The fourth-order valence-electron chi connectivity index (χ4n) is 1.73. The quantitative estimate of drug-likeness (QED) is 0.811. The average molecular weight is 303 g/mol. The molecule has 0 spiro atoms. The van der Waals surface area contributed by atoms with Gasteiger partial charge in [-0.2, -0.15) is 0 Å². The Kier molecular flexibility index (Phi) is 4.84. The van der Waals surface area contributed by atoms with E-state index in [1.807, 2.05) is 6.92 Å². The maximum Gasteiger partial charge on any atom is 0.240 e. The molecular formula is C13H19ClN2O2S. The molecule has 0 saturated heterocycles. The zero-order chi connectivity index (χ0) is 13.9. The number of benzene rings is 1. The average Bonchev–Trinajstić information content (AvgIpc) is 3.19. The topological polar surface area (TPSA) is 58.2 Å². The molecule has 1 fully saturated rings. The first-order chi connectivity index (χ1) is 9.03. The predicted octanol–water partition coefficient (Wildman–Crippen LogP) is 2.14. The number of hydrogen-bond donors (Lipinski definition) is 2. The van der Waals surface area contributed by atoms with Crippen molar-refractivity contribution in [3.63, 3.8) is 0 Å². The molecule has 1 aromatic rings. The smallest absolute Gasteiger partial charge is 0.240 e. The van der Waals surface area contributed by atoms with Crippen LogP contribution in [0.2, 0.25) is 5.02 Å². The van der Waals surface area contributed by atoms with E-state index in [4.69, 9.17) is 11.6 Å². The maximum atomic E-state index is 12.1. The lowest BCUT2D eigenvalue weighted by Gasteiger charge is -2.09. The van der Waals surface area contributed by atoms with Gasteiger partial charge in [-0.3, -0.25) is 0 Å². The molecule has 0 unspecified atom stereocenters. The van der Waals surface area contributed by atoms with Crippen molar-refractivity contribution >= 4 is 21.6 Å². The van der Waals surface area contributed by atoms with Gasteiger partial charge < -0.3 is 5.32 Å². The third kappa shape index (κ3) is 4.18. The standard InChI is InChI=1S/C13H19ClN2O2S/c1-2-15-9-11-5-6-12(7-13(11)14)19(17,18)16-8-10-3-4-10/h5-7,10,15-16H,2-4,8-9H2,1H3. The highest BCUT2D eigenvalue weighted by atomic mass is 35.5. The summed E-state index contributed by atoms with van der Waals surface area (Å²) in [7, 11) is -3.43. The highest BCUT2D eigenvalue weighted by molar-refractivity contribution is 7.89. The minimum absolute atomic E-state index is 0.235. The van der Waals surface area contributed by atoms with Gasteiger partial charge in [-0.1, -0.05) is 24.6 Å². The largest absolute Gasteiger partial charge is 0.313 e. The Morgan fingerprint density at radius 1 is 1.37 bits per heavy atom. The molecule has 0 bridgehead atoms. The van der Waals surface area contributed by atoms with Gasteiger partial charge in [0.25, 0.3) is 0 Å². The normalized spacial score (nSPS) is 15.7. The van der Waals surface area contributed by atoms with E-state index in [0.29, 0.717) is 24.0 Å². The molecule has 1 aliphatic carbocycles. The summed E-state index contributed by atoms with van der Waals surface area (Å²) in [5.41, 5.74) is 0.907. The number of sulfonamides is 1. The van der Waals surface area contributed by atoms with E-state index in [-0.39, 0.29) is 4.90 Å². The van der Waals surface area contributed by atoms with Crippen LogP contribution in [0.5, 0.6) is 0 Å². The minimum atomic E-state index is -3.43. The molecule has 0 atom stereocenters. The predicted molar refractivity (Wildman–Crippen MR) is 76.7 cm³/mol. The van der Waals surface area contributed by atoms with Crippen LogP contribution in [0.4, 0.5) is 0 Å². The van der Waals surface area contributed by atoms with Gasteiger partial charge in [0, 0.05) is 18.1 Å². The molecule has 19 heavy (non-hydrogen) atoms. The van der Waals surface area contributed by atoms with E-state index < -0.39 is 10.0 Å². The summed E-state index contributed by atoms with van der Waals surface area (Å²) in [5.74, 6) is 0.512. The van der Waals surface area contributed by atoms with E-state index >= 15 is 0 Å². The van der Waals surface area contributed by atoms with Gasteiger partial charge in [-0.15, -0.1) is 0 Å². The summed E-state index contributed by atoms with van der Waals surface area (Å²) in [5, 5.41) is 3.64. The molecule has 0 amide bonds. The fraction of sp³-hybridized carbons (Fsp3) is 0.538. The Morgan fingerprint density at radius 3 is 2.68 bits per heavy atom. The van der Waals surface area contributed by atoms with Gasteiger partial charge >= 0.3 is 0 Å². The highest BCUT2D eigenvalue weighted by Gasteiger charge is 2.24. The second-order valence-corrected chi connectivity index (χ2v) is 7.00. The molecule has 0 aliphatic heterocycles. The first-order valence-corrected chi connectivity index (χ1v) is 8.38. The van der Waals surface area contributed by atoms with Crippen molar-refractivity contribution < 1.29 is 8.42 Å². The zero-order valence-electron chi connectivity index (χ0n) is 10.9. The molecule has 2 rings (SSSR count). The number of nitrogens with one attached hydrogen (secondary N) is 2. The molecule has 106 valence electrons. The molecule has 1 aliphatic rings. The van der Waals surface area contributed by atoms with E-state index in [1.165, 1.54) is 6.07 Å². The van der Waals surface area contributed by atoms with Crippen molar-refractivity contribution in [1.29, 1.82) is 0 Å². The van der Waals surface area contributed by atoms with E-state index in [1.54, 1.807) is 12.1 Å². The summed E-state index contributed by atoms with van der Waals surface area (Å²) < 4.78 is 26.7. The van der Waals surface area contributed by atoms with Gasteiger partial charge in [-0.05, 0) is 43.0 Å². The molecule has 1 saturated carbocycles. The van der Waals surface area contributed by atoms with Gasteiger partial charge in [0.05, 0.1) is 4.90 Å². The fourth-order valence-corrected chi connectivity index (χ4v) is 3.19. The number of halogens is 1. The van der Waals surface area contributed by atoms with Crippen molar-refractivity contribution in [2.24, 2.45) is 5.92 Å². The summed E-state index contributed by atoms with van der Waals surface area (Å²) in [6.45, 7) is 4.03. The Labute approximate surface area is 119 Å². The molecular weight excluding hydrogens is 284 g/mol. The van der Waals surface area contributed by atoms with Crippen LogP contribution in [0.1, 0.15) is 25.3 Å². The Hall–Kier alpha value is -0.620. The third-order valence-corrected chi connectivity index (χ3v) is 4.93. The van der Waals surface area contributed by atoms with Crippen molar-refractivity contribution in [1.82, 2.24) is 10.0 Å². The Morgan fingerprint density at radius 2 is 2.11 bits per heavy atom. The highest BCUT2D eigenvalue weighted by Crippen LogP contribution is 2.28. The monoisotopic (exact) mass is 302 g/mol. The lowest BCUT2D eigenvalue weighted by molar-refractivity contribution is 0.577. The number of rotatable bonds is 7. The van der Waals surface area contributed by atoms with Crippen LogP contribution >= 0.6 is 11.6 Å². The first-order valence-electron chi connectivity index (χ1n) is 6.51. The van der Waals surface area contributed by atoms with Crippen molar-refractivity contribution in [2.45, 2.75) is 31.2 Å². The van der Waals surface area contributed by atoms with Crippen molar-refractivity contribution in [2.75, 3.05) is 13.1 Å². The van der Waals surface area contributed by atoms with E-state index in [0.717, 1.165) is 24.9 Å². The van der Waals surface area contributed by atoms with Gasteiger partial charge in [0.1, 0.15) is 0 Å². The molecule has 1 aromatic carbocycles. The van der Waals surface area contributed by atoms with Crippen LogP contribution in [-0.4, -0.2) is 21.5 Å². The summed E-state index contributed by atoms with van der Waals surface area (Å²) in [4.78, 5) is 0.235. The molecule has 6 heteroatoms. The lowest BCUT2D eigenvalue weighted by Crippen LogP contribution is -2.26. The summed E-state index contributed by atoms with van der Waals surface area (Å²) >= 11 is 6.11.